The Labute approximate surface area is 116 Å². The van der Waals surface area contributed by atoms with Crippen molar-refractivity contribution in [1.29, 1.82) is 0 Å². The number of hydrogen-bond acceptors (Lipinski definition) is 6. The molecule has 0 aliphatic carbocycles. The van der Waals surface area contributed by atoms with Crippen molar-refractivity contribution in [2.24, 2.45) is 5.11 Å². The van der Waals surface area contributed by atoms with Gasteiger partial charge in [0.2, 0.25) is 5.75 Å². The molecule has 0 atom stereocenters. The molecule has 1 saturated heterocycles. The molecule has 0 aromatic heterocycles. The van der Waals surface area contributed by atoms with Crippen LogP contribution >= 0.6 is 0 Å². The van der Waals surface area contributed by atoms with E-state index in [0.717, 1.165) is 12.1 Å². The van der Waals surface area contributed by atoms with E-state index in [1.165, 1.54) is 6.07 Å². The van der Waals surface area contributed by atoms with Gasteiger partial charge < -0.3 is 5.11 Å². The van der Waals surface area contributed by atoms with E-state index in [1.54, 1.807) is 0 Å². The first kappa shape index (κ1) is 14.5. The third-order valence-corrected chi connectivity index (χ3v) is 2.82. The first-order chi connectivity index (χ1) is 9.88. The zero-order chi connectivity index (χ0) is 15.6. The van der Waals surface area contributed by atoms with Gasteiger partial charge in [0, 0.05) is 10.6 Å². The number of azide groups is 1. The number of hydroxylamine groups is 4. The van der Waals surface area contributed by atoms with Crippen LogP contribution in [0.1, 0.15) is 23.2 Å². The van der Waals surface area contributed by atoms with Crippen molar-refractivity contribution in [3.8, 4) is 5.75 Å². The van der Waals surface area contributed by atoms with Crippen molar-refractivity contribution >= 4 is 23.5 Å². The number of aromatic carboxylic acids is 1. The van der Waals surface area contributed by atoms with Crippen LogP contribution in [0.15, 0.2) is 23.3 Å². The van der Waals surface area contributed by atoms with Crippen LogP contribution in [0.25, 0.3) is 10.4 Å². The number of carbonyl (C=O) groups excluding carboxylic acids is 2. The van der Waals surface area contributed by atoms with Gasteiger partial charge in [0.05, 0.1) is 12.8 Å². The molecule has 0 unspecified atom stereocenters. The molecule has 108 valence electrons. The second kappa shape index (κ2) is 5.21. The fourth-order valence-corrected chi connectivity index (χ4v) is 1.78. The molecule has 10 heteroatoms. The lowest BCUT2D eigenvalue weighted by Crippen LogP contribution is -2.52. The summed E-state index contributed by atoms with van der Waals surface area (Å²) in [5, 5.41) is 22.2. The highest BCUT2D eigenvalue weighted by Gasteiger charge is 2.54. The molecule has 0 radical (unpaired) electrons. The van der Waals surface area contributed by atoms with Crippen molar-refractivity contribution in [1.82, 2.24) is 0 Å². The van der Waals surface area contributed by atoms with Gasteiger partial charge in [0.25, 0.3) is 0 Å². The molecule has 1 aliphatic rings. The van der Waals surface area contributed by atoms with Gasteiger partial charge in [-0.3, -0.25) is 4.84 Å². The fourth-order valence-electron chi connectivity index (χ4n) is 1.78. The van der Waals surface area contributed by atoms with E-state index in [0.29, 0.717) is 0 Å². The van der Waals surface area contributed by atoms with Crippen LogP contribution in [0.2, 0.25) is 0 Å². The number of carboxylic acid groups (broad SMARTS) is 1. The summed E-state index contributed by atoms with van der Waals surface area (Å²) < 4.78 is 0. The van der Waals surface area contributed by atoms with Gasteiger partial charge in [-0.2, -0.15) is 5.21 Å². The lowest BCUT2D eigenvalue weighted by molar-refractivity contribution is -1.11. The number of carbonyl (C=O) groups is 3. The van der Waals surface area contributed by atoms with Gasteiger partial charge in [-0.25, -0.2) is 14.4 Å². The van der Waals surface area contributed by atoms with Gasteiger partial charge in [-0.15, -0.1) is 0 Å². The molecule has 2 N–H and O–H groups in total. The Bertz CT molecular complexity index is 678. The van der Waals surface area contributed by atoms with E-state index in [4.69, 9.17) is 15.5 Å². The van der Waals surface area contributed by atoms with Crippen LogP contribution in [0.3, 0.4) is 0 Å². The van der Waals surface area contributed by atoms with Crippen LogP contribution in [-0.4, -0.2) is 32.9 Å². The largest absolute Gasteiger partial charge is 0.478 e. The minimum absolute atomic E-state index is 0.00296. The second-order valence-corrected chi connectivity index (χ2v) is 4.13. The molecule has 0 saturated carbocycles. The fraction of sp³-hybridized carbons (Fsp3) is 0.182. The van der Waals surface area contributed by atoms with Gasteiger partial charge >= 0.3 is 17.8 Å². The summed E-state index contributed by atoms with van der Waals surface area (Å²) in [4.78, 5) is 39.6. The average molecular weight is 293 g/mol. The quantitative estimate of drug-likeness (QED) is 0.215. The summed E-state index contributed by atoms with van der Waals surface area (Å²) in [6.45, 7) is 0. The van der Waals surface area contributed by atoms with E-state index in [-0.39, 0.29) is 18.5 Å². The Morgan fingerprint density at radius 1 is 1.33 bits per heavy atom. The number of benzene rings is 1. The molecule has 21 heavy (non-hydrogen) atoms. The molecule has 1 heterocycles. The molecular formula is C11H9N4O6+. The minimum Gasteiger partial charge on any atom is -0.478 e. The number of amides is 2. The molecule has 2 rings (SSSR count). The van der Waals surface area contributed by atoms with Crippen molar-refractivity contribution in [2.45, 2.75) is 12.8 Å². The van der Waals surface area contributed by atoms with Gasteiger partial charge in [0.15, 0.2) is 0 Å². The highest BCUT2D eigenvalue weighted by Crippen LogP contribution is 2.30. The normalized spacial score (nSPS) is 16.4. The Morgan fingerprint density at radius 3 is 2.48 bits per heavy atom. The van der Waals surface area contributed by atoms with Crippen LogP contribution in [0, 0.1) is 0 Å². The lowest BCUT2D eigenvalue weighted by atomic mass is 10.2. The summed E-state index contributed by atoms with van der Waals surface area (Å²) in [5.41, 5.74) is 7.95. The molecule has 1 aliphatic heterocycles. The van der Waals surface area contributed by atoms with E-state index in [1.807, 2.05) is 0 Å². The Morgan fingerprint density at radius 2 is 1.95 bits per heavy atom. The molecule has 1 fully saturated rings. The average Bonchev–Trinajstić information content (AvgIpc) is 2.67. The van der Waals surface area contributed by atoms with Gasteiger partial charge in [-0.1, -0.05) is 11.2 Å². The predicted molar refractivity (Wildman–Crippen MR) is 64.1 cm³/mol. The Kier molecular flexibility index (Phi) is 3.59. The Balaban J connectivity index is 2.48. The summed E-state index contributed by atoms with van der Waals surface area (Å²) in [5.74, 6) is -3.68. The summed E-state index contributed by atoms with van der Waals surface area (Å²) in [6.07, 6.45) is -0.429. The maximum absolute atomic E-state index is 11.5. The van der Waals surface area contributed by atoms with Crippen LogP contribution in [0.5, 0.6) is 5.75 Å². The minimum atomic E-state index is -1.96. The zero-order valence-corrected chi connectivity index (χ0v) is 10.5. The van der Waals surface area contributed by atoms with Crippen molar-refractivity contribution in [2.75, 3.05) is 0 Å². The first-order valence-corrected chi connectivity index (χ1v) is 5.69. The topological polar surface area (TPSA) is 150 Å². The molecule has 0 spiro atoms. The van der Waals surface area contributed by atoms with Gasteiger partial charge in [0.1, 0.15) is 10.4 Å². The third kappa shape index (κ3) is 2.54. The summed E-state index contributed by atoms with van der Waals surface area (Å²) >= 11 is 0. The van der Waals surface area contributed by atoms with Crippen molar-refractivity contribution in [3.05, 3.63) is 34.2 Å². The predicted octanol–water partition coefficient (Wildman–Crippen LogP) is 1.67. The Hall–Kier alpha value is -2.94. The number of rotatable bonds is 4. The van der Waals surface area contributed by atoms with E-state index in [9.17, 15) is 19.6 Å². The van der Waals surface area contributed by atoms with E-state index < -0.39 is 33.9 Å². The molecule has 10 nitrogen and oxygen atoms in total. The first-order valence-electron chi connectivity index (χ1n) is 5.69. The number of quaternary nitrogens is 1. The van der Waals surface area contributed by atoms with Crippen LogP contribution < -0.4 is 4.84 Å². The highest BCUT2D eigenvalue weighted by molar-refractivity contribution is 5.92. The molecule has 1 aromatic rings. The van der Waals surface area contributed by atoms with Crippen molar-refractivity contribution in [3.63, 3.8) is 0 Å². The number of hydrogen-bond donors (Lipinski definition) is 2. The number of imide groups is 1. The van der Waals surface area contributed by atoms with E-state index in [2.05, 4.69) is 10.0 Å². The highest BCUT2D eigenvalue weighted by atomic mass is 16.9. The van der Waals surface area contributed by atoms with E-state index >= 15 is 0 Å². The summed E-state index contributed by atoms with van der Waals surface area (Å²) in [6, 6.07) is 3.29. The van der Waals surface area contributed by atoms with Crippen LogP contribution in [0.4, 0.5) is 5.69 Å². The molecule has 2 amide bonds. The number of nitrogens with zero attached hydrogens (tertiary/aromatic N) is 4. The smallest absolute Gasteiger partial charge is 0.397 e. The maximum Gasteiger partial charge on any atom is 0.397 e. The third-order valence-electron chi connectivity index (χ3n) is 2.82. The monoisotopic (exact) mass is 293 g/mol. The summed E-state index contributed by atoms with van der Waals surface area (Å²) in [7, 11) is 0. The van der Waals surface area contributed by atoms with Crippen LogP contribution in [-0.2, 0) is 9.59 Å². The number of carboxylic acids is 1. The molecular weight excluding hydrogens is 284 g/mol. The standard InChI is InChI=1S/C11H8N4O6/c12-14-13-6-1-2-7(11(18)19)8(5-6)21-15(20)9(16)3-4-10(15)17/h1-2,5,20H,3-4H2/p+1. The SMILES string of the molecule is [N-]=[N+]=Nc1ccc(C(=O)O)c(O[N+]2(O)C(=O)CCC2=O)c1. The molecule has 0 bridgehead atoms. The maximum atomic E-state index is 11.5. The zero-order valence-electron chi connectivity index (χ0n) is 10.5. The van der Waals surface area contributed by atoms with Gasteiger partial charge in [-0.05, 0) is 17.7 Å². The second-order valence-electron chi connectivity index (χ2n) is 4.13. The van der Waals surface area contributed by atoms with Crippen molar-refractivity contribution < 1.29 is 34.3 Å². The molecule has 1 aromatic carbocycles. The lowest BCUT2D eigenvalue weighted by Gasteiger charge is -2.18.